The van der Waals surface area contributed by atoms with Crippen molar-refractivity contribution in [2.45, 2.75) is 43.7 Å². The highest BCUT2D eigenvalue weighted by molar-refractivity contribution is 5.91. The van der Waals surface area contributed by atoms with Gasteiger partial charge in [0.25, 0.3) is 5.91 Å². The smallest absolute Gasteiger partial charge is 0.292 e. The van der Waals surface area contributed by atoms with E-state index in [-0.39, 0.29) is 23.9 Å². The fraction of sp³-hybridized carbons (Fsp3) is 0.269. The zero-order valence-electron chi connectivity index (χ0n) is 20.2. The fourth-order valence-corrected chi connectivity index (χ4v) is 6.31. The number of pyridine rings is 1. The van der Waals surface area contributed by atoms with E-state index in [1.54, 1.807) is 12.4 Å². The van der Waals surface area contributed by atoms with Crippen LogP contribution in [0.4, 0.5) is 0 Å². The number of aromatic nitrogens is 10. The first kappa shape index (κ1) is 21.2. The predicted octanol–water partition coefficient (Wildman–Crippen LogP) is 3.33. The van der Waals surface area contributed by atoms with Crippen LogP contribution in [0, 0.1) is 0 Å². The van der Waals surface area contributed by atoms with E-state index in [4.69, 9.17) is 4.98 Å². The molecule has 0 unspecified atom stereocenters. The Morgan fingerprint density at radius 1 is 0.974 bits per heavy atom. The minimum atomic E-state index is -0.0628. The van der Waals surface area contributed by atoms with Crippen molar-refractivity contribution >= 4 is 22.6 Å². The molecular formula is C26H23N11O. The first-order valence-corrected chi connectivity index (χ1v) is 12.7. The Morgan fingerprint density at radius 3 is 2.61 bits per heavy atom. The first-order chi connectivity index (χ1) is 18.7. The zero-order valence-corrected chi connectivity index (χ0v) is 20.2. The minimum Gasteiger partial charge on any atom is -0.346 e. The third-order valence-corrected chi connectivity index (χ3v) is 7.97. The Hall–Kier alpha value is -4.87. The molecule has 6 aromatic rings. The third-order valence-electron chi connectivity index (χ3n) is 7.97. The molecule has 2 fully saturated rings. The van der Waals surface area contributed by atoms with Crippen LogP contribution in [0.3, 0.4) is 0 Å². The van der Waals surface area contributed by atoms with Gasteiger partial charge in [-0.1, -0.05) is 6.07 Å². The monoisotopic (exact) mass is 505 g/mol. The molecular weight excluding hydrogens is 482 g/mol. The molecule has 2 aliphatic heterocycles. The summed E-state index contributed by atoms with van der Waals surface area (Å²) in [7, 11) is 0. The molecule has 8 heterocycles. The Bertz CT molecular complexity index is 1750. The summed E-state index contributed by atoms with van der Waals surface area (Å²) in [6.45, 7) is 0. The van der Waals surface area contributed by atoms with E-state index in [9.17, 15) is 4.79 Å². The molecule has 12 nitrogen and oxygen atoms in total. The molecule has 0 aromatic carbocycles. The summed E-state index contributed by atoms with van der Waals surface area (Å²) in [5, 5.41) is 13.5. The van der Waals surface area contributed by atoms with Crippen LogP contribution < -0.4 is 0 Å². The lowest BCUT2D eigenvalue weighted by atomic mass is 9.86. The van der Waals surface area contributed by atoms with Gasteiger partial charge in [-0.05, 0) is 37.8 Å². The van der Waals surface area contributed by atoms with E-state index >= 15 is 0 Å². The normalized spacial score (nSPS) is 21.1. The Labute approximate surface area is 215 Å². The number of rotatable bonds is 4. The van der Waals surface area contributed by atoms with Gasteiger partial charge in [0.1, 0.15) is 17.7 Å². The van der Waals surface area contributed by atoms with Crippen LogP contribution in [-0.2, 0) is 0 Å². The number of fused-ring (bicyclic) bond motifs is 5. The molecule has 0 radical (unpaired) electrons. The number of imidazole rings is 1. The molecule has 3 N–H and O–H groups in total. The van der Waals surface area contributed by atoms with E-state index in [0.717, 1.165) is 70.7 Å². The van der Waals surface area contributed by atoms with Crippen LogP contribution in [-0.4, -0.2) is 72.6 Å². The van der Waals surface area contributed by atoms with Gasteiger partial charge in [0, 0.05) is 59.3 Å². The van der Waals surface area contributed by atoms with Gasteiger partial charge in [0.05, 0.1) is 11.9 Å². The number of amides is 1. The molecule has 2 bridgehead atoms. The number of aromatic amines is 3. The average Bonchev–Trinajstić information content (AvgIpc) is 3.77. The second kappa shape index (κ2) is 8.07. The van der Waals surface area contributed by atoms with Crippen molar-refractivity contribution in [3.05, 3.63) is 67.0 Å². The summed E-state index contributed by atoms with van der Waals surface area (Å²) >= 11 is 0. The second-order valence-electron chi connectivity index (χ2n) is 10.0. The molecule has 188 valence electrons. The molecule has 0 spiro atoms. The summed E-state index contributed by atoms with van der Waals surface area (Å²) in [4.78, 5) is 38.6. The van der Waals surface area contributed by atoms with Crippen molar-refractivity contribution in [3.8, 4) is 22.6 Å². The number of carbonyl (C=O) groups excluding carboxylic acids is 1. The molecule has 38 heavy (non-hydrogen) atoms. The number of nitrogens with one attached hydrogen (secondary N) is 3. The molecule has 0 saturated carbocycles. The molecule has 3 atom stereocenters. The standard InChI is InChI=1S/C26H23N11O/c38-26(23-31-13-32-35-23)36-16-2-3-17(36)10-15(9-16)21-18-5-6-29-24(18)37-25(34-21)19(12-33-37)14-1-4-20(30-11-14)22-27-7-8-28-22/h1,4-8,11-13,15-17,29H,2-3,9-10H2,(H,27,28)(H,31,32,35)/t15-,16+,17-. The van der Waals surface area contributed by atoms with Crippen LogP contribution in [0.5, 0.6) is 0 Å². The SMILES string of the molecule is O=C(c1nnc[nH]1)N1[C@@H]2CC[C@H]1C[C@@H](c1nc3c(-c4ccc(-c5ncc[nH]5)nc4)cnn3c3[nH]ccc13)C2. The van der Waals surface area contributed by atoms with E-state index in [1.165, 1.54) is 6.33 Å². The average molecular weight is 506 g/mol. The molecule has 2 aliphatic rings. The highest BCUT2D eigenvalue weighted by Crippen LogP contribution is 2.45. The number of hydrogen-bond donors (Lipinski definition) is 3. The highest BCUT2D eigenvalue weighted by atomic mass is 16.2. The van der Waals surface area contributed by atoms with Gasteiger partial charge < -0.3 is 19.9 Å². The van der Waals surface area contributed by atoms with Crippen LogP contribution in [0.2, 0.25) is 0 Å². The van der Waals surface area contributed by atoms with Crippen LogP contribution in [0.1, 0.15) is 47.9 Å². The lowest BCUT2D eigenvalue weighted by molar-refractivity contribution is 0.0558. The number of nitrogens with zero attached hydrogens (tertiary/aromatic N) is 8. The van der Waals surface area contributed by atoms with Crippen molar-refractivity contribution in [1.29, 1.82) is 0 Å². The van der Waals surface area contributed by atoms with Gasteiger partial charge in [0.15, 0.2) is 11.5 Å². The molecule has 0 aliphatic carbocycles. The van der Waals surface area contributed by atoms with Gasteiger partial charge in [-0.15, -0.1) is 10.2 Å². The topological polar surface area (TPSA) is 149 Å². The van der Waals surface area contributed by atoms with Crippen molar-refractivity contribution in [1.82, 2.24) is 54.6 Å². The van der Waals surface area contributed by atoms with E-state index in [2.05, 4.69) is 46.3 Å². The number of carbonyl (C=O) groups is 1. The van der Waals surface area contributed by atoms with Crippen molar-refractivity contribution in [2.75, 3.05) is 0 Å². The van der Waals surface area contributed by atoms with Gasteiger partial charge in [-0.3, -0.25) is 9.78 Å². The Kier molecular flexibility index (Phi) is 4.51. The van der Waals surface area contributed by atoms with E-state index in [1.807, 2.05) is 40.1 Å². The number of piperidine rings is 1. The van der Waals surface area contributed by atoms with Crippen molar-refractivity contribution in [3.63, 3.8) is 0 Å². The highest BCUT2D eigenvalue weighted by Gasteiger charge is 2.45. The molecule has 2 saturated heterocycles. The Morgan fingerprint density at radius 2 is 1.87 bits per heavy atom. The fourth-order valence-electron chi connectivity index (χ4n) is 6.31. The quantitative estimate of drug-likeness (QED) is 0.333. The summed E-state index contributed by atoms with van der Waals surface area (Å²) in [6.07, 6.45) is 14.3. The molecule has 6 aromatic heterocycles. The second-order valence-corrected chi connectivity index (χ2v) is 10.0. The lowest BCUT2D eigenvalue weighted by Crippen LogP contribution is -2.46. The van der Waals surface area contributed by atoms with Crippen molar-refractivity contribution in [2.24, 2.45) is 0 Å². The van der Waals surface area contributed by atoms with Gasteiger partial charge >= 0.3 is 0 Å². The Balaban J connectivity index is 1.17. The minimum absolute atomic E-state index is 0.0628. The third kappa shape index (κ3) is 3.12. The van der Waals surface area contributed by atoms with E-state index < -0.39 is 0 Å². The molecule has 12 heteroatoms. The van der Waals surface area contributed by atoms with Gasteiger partial charge in [-0.25, -0.2) is 9.97 Å². The summed E-state index contributed by atoms with van der Waals surface area (Å²) in [6, 6.07) is 6.37. The van der Waals surface area contributed by atoms with Gasteiger partial charge in [0.2, 0.25) is 5.82 Å². The summed E-state index contributed by atoms with van der Waals surface area (Å²) in [5.74, 6) is 1.21. The predicted molar refractivity (Wildman–Crippen MR) is 137 cm³/mol. The molecule has 8 rings (SSSR count). The summed E-state index contributed by atoms with van der Waals surface area (Å²) in [5.41, 5.74) is 5.39. The largest absolute Gasteiger partial charge is 0.346 e. The lowest BCUT2D eigenvalue weighted by Gasteiger charge is -2.38. The maximum Gasteiger partial charge on any atom is 0.292 e. The zero-order chi connectivity index (χ0) is 25.2. The maximum atomic E-state index is 13.1. The van der Waals surface area contributed by atoms with E-state index in [0.29, 0.717) is 5.82 Å². The summed E-state index contributed by atoms with van der Waals surface area (Å²) < 4.78 is 1.87. The number of hydrogen-bond acceptors (Lipinski definition) is 7. The molecule has 1 amide bonds. The van der Waals surface area contributed by atoms with Crippen LogP contribution >= 0.6 is 0 Å². The van der Waals surface area contributed by atoms with Crippen LogP contribution in [0.25, 0.3) is 39.3 Å². The van der Waals surface area contributed by atoms with Gasteiger partial charge in [-0.2, -0.15) is 9.61 Å². The first-order valence-electron chi connectivity index (χ1n) is 12.7. The van der Waals surface area contributed by atoms with Crippen LogP contribution in [0.15, 0.2) is 55.5 Å². The maximum absolute atomic E-state index is 13.1. The van der Waals surface area contributed by atoms with Crippen molar-refractivity contribution < 1.29 is 4.79 Å². The number of H-pyrrole nitrogens is 3.